The minimum atomic E-state index is -3.63. The first-order valence-electron chi connectivity index (χ1n) is 7.84. The fourth-order valence-electron chi connectivity index (χ4n) is 2.51. The van der Waals surface area contributed by atoms with Gasteiger partial charge in [-0.3, -0.25) is 14.9 Å². The van der Waals surface area contributed by atoms with E-state index in [1.807, 2.05) is 0 Å². The van der Waals surface area contributed by atoms with Gasteiger partial charge in [0.15, 0.2) is 9.84 Å². The van der Waals surface area contributed by atoms with Crippen LogP contribution in [0.1, 0.15) is 17.5 Å². The van der Waals surface area contributed by atoms with Crippen molar-refractivity contribution in [1.29, 1.82) is 0 Å². The minimum Gasteiger partial charge on any atom is -0.468 e. The second-order valence-corrected chi connectivity index (χ2v) is 8.20. The van der Waals surface area contributed by atoms with Crippen molar-refractivity contribution in [3.05, 3.63) is 35.4 Å². The number of methoxy groups -OCH3 is 1. The van der Waals surface area contributed by atoms with E-state index in [9.17, 15) is 26.8 Å². The molecule has 1 aliphatic heterocycles. The van der Waals surface area contributed by atoms with Gasteiger partial charge in [-0.15, -0.1) is 12.4 Å². The van der Waals surface area contributed by atoms with Gasteiger partial charge in [-0.1, -0.05) is 24.3 Å². The summed E-state index contributed by atoms with van der Waals surface area (Å²) >= 11 is 0. The number of halogens is 3. The Morgan fingerprint density at radius 2 is 1.85 bits per heavy atom. The van der Waals surface area contributed by atoms with Gasteiger partial charge in [-0.05, 0) is 11.1 Å². The number of benzene rings is 1. The molecular weight excluding hydrogens is 406 g/mol. The van der Waals surface area contributed by atoms with E-state index < -0.39 is 52.4 Å². The van der Waals surface area contributed by atoms with E-state index in [1.165, 1.54) is 0 Å². The lowest BCUT2D eigenvalue weighted by atomic mass is 10.1. The predicted molar refractivity (Wildman–Crippen MR) is 96.4 cm³/mol. The third-order valence-corrected chi connectivity index (χ3v) is 5.32. The first-order chi connectivity index (χ1) is 12.1. The first kappa shape index (κ1) is 23.3. The van der Waals surface area contributed by atoms with Crippen molar-refractivity contribution in [1.82, 2.24) is 10.6 Å². The molecule has 0 saturated carbocycles. The van der Waals surface area contributed by atoms with Crippen LogP contribution in [0, 0.1) is 0 Å². The van der Waals surface area contributed by atoms with Gasteiger partial charge in [0, 0.05) is 13.0 Å². The molecule has 1 aliphatic rings. The Bertz CT molecular complexity index is 772. The summed E-state index contributed by atoms with van der Waals surface area (Å²) in [5, 5.41) is 5.04. The predicted octanol–water partition coefficient (Wildman–Crippen LogP) is 0.810. The van der Waals surface area contributed by atoms with Crippen LogP contribution in [-0.4, -0.2) is 51.7 Å². The van der Waals surface area contributed by atoms with Gasteiger partial charge in [-0.25, -0.2) is 17.2 Å². The Morgan fingerprint density at radius 1 is 1.26 bits per heavy atom. The van der Waals surface area contributed by atoms with Gasteiger partial charge in [0.05, 0.1) is 25.4 Å². The lowest BCUT2D eigenvalue weighted by molar-refractivity contribution is -0.137. The zero-order chi connectivity index (χ0) is 19.4. The highest BCUT2D eigenvalue weighted by Crippen LogP contribution is 2.25. The topological polar surface area (TPSA) is 102 Å². The summed E-state index contributed by atoms with van der Waals surface area (Å²) in [5.74, 6) is -5.21. The van der Waals surface area contributed by atoms with Gasteiger partial charge in [0.2, 0.25) is 5.91 Å². The number of alkyl halides is 2. The summed E-state index contributed by atoms with van der Waals surface area (Å²) in [5.41, 5.74) is 1.18. The molecule has 1 aromatic rings. The zero-order valence-electron chi connectivity index (χ0n) is 14.5. The van der Waals surface area contributed by atoms with Gasteiger partial charge >= 0.3 is 5.97 Å². The quantitative estimate of drug-likeness (QED) is 0.626. The molecule has 1 saturated heterocycles. The van der Waals surface area contributed by atoms with Crippen LogP contribution in [0.4, 0.5) is 8.78 Å². The van der Waals surface area contributed by atoms with E-state index >= 15 is 0 Å². The van der Waals surface area contributed by atoms with Crippen LogP contribution in [-0.2, 0) is 36.5 Å². The SMILES string of the molecule is COC(=O)CS(=O)(=O)Cc1ccc(CNC(=O)C2CC(F)(F)CN2)cc1.Cl. The molecule has 1 heterocycles. The van der Waals surface area contributed by atoms with Crippen LogP contribution in [0.2, 0.25) is 0 Å². The van der Waals surface area contributed by atoms with Crippen LogP contribution in [0.3, 0.4) is 0 Å². The van der Waals surface area contributed by atoms with Crippen molar-refractivity contribution >= 4 is 34.1 Å². The monoisotopic (exact) mass is 426 g/mol. The average molecular weight is 427 g/mol. The number of carbonyl (C=O) groups is 2. The molecule has 0 spiro atoms. The van der Waals surface area contributed by atoms with E-state index in [4.69, 9.17) is 0 Å². The smallest absolute Gasteiger partial charge is 0.320 e. The van der Waals surface area contributed by atoms with Crippen LogP contribution >= 0.6 is 12.4 Å². The molecule has 2 rings (SSSR count). The van der Waals surface area contributed by atoms with Crippen molar-refractivity contribution in [2.24, 2.45) is 0 Å². The van der Waals surface area contributed by atoms with E-state index in [0.29, 0.717) is 11.1 Å². The summed E-state index contributed by atoms with van der Waals surface area (Å²) in [4.78, 5) is 22.9. The highest BCUT2D eigenvalue weighted by atomic mass is 35.5. The standard InChI is InChI=1S/C16H20F2N2O5S.ClH/c1-25-14(21)9-26(23,24)8-12-4-2-11(3-5-12)7-19-15(22)13-6-16(17,18)10-20-13;/h2-5,13,20H,6-10H2,1H3,(H,19,22);1H. The molecule has 152 valence electrons. The number of nitrogens with one attached hydrogen (secondary N) is 2. The van der Waals surface area contributed by atoms with Crippen LogP contribution in [0.15, 0.2) is 24.3 Å². The fourth-order valence-corrected chi connectivity index (χ4v) is 3.79. The number of carbonyl (C=O) groups excluding carboxylic acids is 2. The molecular formula is C16H21ClF2N2O5S. The molecule has 1 aromatic carbocycles. The maximum Gasteiger partial charge on any atom is 0.320 e. The van der Waals surface area contributed by atoms with E-state index in [-0.39, 0.29) is 24.7 Å². The number of amides is 1. The van der Waals surface area contributed by atoms with Crippen molar-refractivity contribution in [2.75, 3.05) is 19.4 Å². The Balaban J connectivity index is 0.00000364. The van der Waals surface area contributed by atoms with E-state index in [0.717, 1.165) is 7.11 Å². The van der Waals surface area contributed by atoms with Crippen molar-refractivity contribution in [2.45, 2.75) is 30.7 Å². The molecule has 0 aliphatic carbocycles. The maximum absolute atomic E-state index is 13.1. The molecule has 1 amide bonds. The molecule has 1 fully saturated rings. The molecule has 1 atom stereocenters. The minimum absolute atomic E-state index is 0. The maximum atomic E-state index is 13.1. The number of esters is 1. The van der Waals surface area contributed by atoms with Crippen molar-refractivity contribution in [3.8, 4) is 0 Å². The fraction of sp³-hybridized carbons (Fsp3) is 0.500. The molecule has 7 nitrogen and oxygen atoms in total. The molecule has 2 N–H and O–H groups in total. The Labute approximate surface area is 162 Å². The number of rotatable bonds is 7. The Morgan fingerprint density at radius 3 is 2.37 bits per heavy atom. The molecule has 0 radical (unpaired) electrons. The highest BCUT2D eigenvalue weighted by Gasteiger charge is 2.42. The molecule has 1 unspecified atom stereocenters. The summed E-state index contributed by atoms with van der Waals surface area (Å²) in [6, 6.07) is 5.46. The summed E-state index contributed by atoms with van der Waals surface area (Å²) in [6.07, 6.45) is -0.532. The number of sulfone groups is 1. The van der Waals surface area contributed by atoms with Gasteiger partial charge in [0.1, 0.15) is 5.75 Å². The highest BCUT2D eigenvalue weighted by molar-refractivity contribution is 7.91. The second-order valence-electron chi connectivity index (χ2n) is 6.14. The third-order valence-electron chi connectivity index (χ3n) is 3.87. The van der Waals surface area contributed by atoms with Crippen LogP contribution in [0.5, 0.6) is 0 Å². The lowest BCUT2D eigenvalue weighted by Crippen LogP contribution is -2.40. The normalized spacial score (nSPS) is 18.4. The summed E-state index contributed by atoms with van der Waals surface area (Å²) in [6.45, 7) is -0.377. The molecule has 0 aromatic heterocycles. The zero-order valence-corrected chi connectivity index (χ0v) is 16.2. The van der Waals surface area contributed by atoms with Crippen molar-refractivity contribution < 1.29 is 31.5 Å². The second kappa shape index (κ2) is 9.43. The first-order valence-corrected chi connectivity index (χ1v) is 9.66. The average Bonchev–Trinajstić information content (AvgIpc) is 2.93. The lowest BCUT2D eigenvalue weighted by Gasteiger charge is -2.11. The van der Waals surface area contributed by atoms with Crippen LogP contribution in [0.25, 0.3) is 0 Å². The largest absolute Gasteiger partial charge is 0.468 e. The van der Waals surface area contributed by atoms with Crippen LogP contribution < -0.4 is 10.6 Å². The van der Waals surface area contributed by atoms with Gasteiger partial charge in [-0.2, -0.15) is 0 Å². The van der Waals surface area contributed by atoms with E-state index in [2.05, 4.69) is 15.4 Å². The van der Waals surface area contributed by atoms with E-state index in [1.54, 1.807) is 24.3 Å². The Kier molecular flexibility index (Phi) is 8.12. The van der Waals surface area contributed by atoms with Crippen molar-refractivity contribution in [3.63, 3.8) is 0 Å². The molecule has 27 heavy (non-hydrogen) atoms. The number of hydrogen-bond acceptors (Lipinski definition) is 6. The van der Waals surface area contributed by atoms with Gasteiger partial charge in [0.25, 0.3) is 5.92 Å². The molecule has 11 heteroatoms. The Hall–Kier alpha value is -1.78. The van der Waals surface area contributed by atoms with Gasteiger partial charge < -0.3 is 10.1 Å². The number of hydrogen-bond donors (Lipinski definition) is 2. The molecule has 0 bridgehead atoms. The third kappa shape index (κ3) is 7.39. The number of ether oxygens (including phenoxy) is 1. The summed E-state index contributed by atoms with van der Waals surface area (Å²) in [7, 11) is -2.52. The summed E-state index contributed by atoms with van der Waals surface area (Å²) < 4.78 is 54.2.